The Bertz CT molecular complexity index is 347. The molecule has 3 N–H and O–H groups in total. The molecule has 1 aliphatic rings. The van der Waals surface area contributed by atoms with Crippen molar-refractivity contribution in [2.75, 3.05) is 19.7 Å². The molecule has 1 heterocycles. The number of rotatable bonds is 6. The molecule has 1 aromatic rings. The first kappa shape index (κ1) is 13.5. The lowest BCUT2D eigenvalue weighted by atomic mass is 10.0. The van der Waals surface area contributed by atoms with Crippen LogP contribution >= 0.6 is 0 Å². The van der Waals surface area contributed by atoms with Crippen molar-refractivity contribution in [3.8, 4) is 0 Å². The Morgan fingerprint density at radius 1 is 1.39 bits per heavy atom. The second-order valence-corrected chi connectivity index (χ2v) is 5.38. The van der Waals surface area contributed by atoms with E-state index in [1.165, 1.54) is 12.0 Å². The Balaban J connectivity index is 1.66. The van der Waals surface area contributed by atoms with E-state index in [0.717, 1.165) is 32.5 Å². The van der Waals surface area contributed by atoms with E-state index >= 15 is 0 Å². The van der Waals surface area contributed by atoms with Crippen LogP contribution in [0.3, 0.4) is 0 Å². The maximum Gasteiger partial charge on any atom is 0.0779 e. The van der Waals surface area contributed by atoms with Crippen LogP contribution in [0.25, 0.3) is 0 Å². The van der Waals surface area contributed by atoms with Gasteiger partial charge in [-0.05, 0) is 38.3 Å². The van der Waals surface area contributed by atoms with Crippen molar-refractivity contribution in [1.29, 1.82) is 0 Å². The van der Waals surface area contributed by atoms with Crippen LogP contribution in [-0.2, 0) is 4.74 Å². The monoisotopic (exact) mass is 248 g/mol. The average molecular weight is 248 g/mol. The van der Waals surface area contributed by atoms with Crippen molar-refractivity contribution in [3.05, 3.63) is 35.9 Å². The molecule has 1 aliphatic heterocycles. The molecule has 2 unspecified atom stereocenters. The third kappa shape index (κ3) is 3.80. The number of nitrogens with two attached hydrogens (primary N) is 1. The van der Waals surface area contributed by atoms with Crippen molar-refractivity contribution in [2.24, 2.45) is 5.73 Å². The Hall–Kier alpha value is -0.900. The molecule has 18 heavy (non-hydrogen) atoms. The summed E-state index contributed by atoms with van der Waals surface area (Å²) in [4.78, 5) is 0. The van der Waals surface area contributed by atoms with E-state index in [1.54, 1.807) is 0 Å². The highest BCUT2D eigenvalue weighted by atomic mass is 16.5. The minimum absolute atomic E-state index is 0.0385. The van der Waals surface area contributed by atoms with Crippen molar-refractivity contribution in [2.45, 2.75) is 37.8 Å². The standard InChI is InChI=1S/C15H24N2O/c1-15(9-5-11-18-15)12-17-10-8-14(16)13-6-3-2-4-7-13/h2-4,6-7,14,17H,5,8-12,16H2,1H3. The second kappa shape index (κ2) is 6.32. The van der Waals surface area contributed by atoms with Gasteiger partial charge in [0.2, 0.25) is 0 Å². The summed E-state index contributed by atoms with van der Waals surface area (Å²) in [6, 6.07) is 10.4. The highest BCUT2D eigenvalue weighted by molar-refractivity contribution is 5.18. The summed E-state index contributed by atoms with van der Waals surface area (Å²) in [5.41, 5.74) is 7.40. The van der Waals surface area contributed by atoms with Crippen LogP contribution in [0.1, 0.15) is 37.8 Å². The summed E-state index contributed by atoms with van der Waals surface area (Å²) in [6.07, 6.45) is 3.30. The van der Waals surface area contributed by atoms with Gasteiger partial charge in [-0.1, -0.05) is 30.3 Å². The van der Waals surface area contributed by atoms with Crippen LogP contribution in [0.2, 0.25) is 0 Å². The molecule has 0 saturated carbocycles. The van der Waals surface area contributed by atoms with Gasteiger partial charge < -0.3 is 15.8 Å². The highest BCUT2D eigenvalue weighted by Gasteiger charge is 2.28. The zero-order valence-electron chi connectivity index (χ0n) is 11.2. The molecular weight excluding hydrogens is 224 g/mol. The molecule has 2 rings (SSSR count). The van der Waals surface area contributed by atoms with E-state index in [9.17, 15) is 0 Å². The fourth-order valence-corrected chi connectivity index (χ4v) is 2.45. The predicted molar refractivity (Wildman–Crippen MR) is 74.4 cm³/mol. The first-order chi connectivity index (χ1) is 8.70. The smallest absolute Gasteiger partial charge is 0.0779 e. The van der Waals surface area contributed by atoms with Gasteiger partial charge in [-0.25, -0.2) is 0 Å². The van der Waals surface area contributed by atoms with Gasteiger partial charge in [0, 0.05) is 19.2 Å². The van der Waals surface area contributed by atoms with Crippen LogP contribution in [0, 0.1) is 0 Å². The van der Waals surface area contributed by atoms with Crippen molar-refractivity contribution >= 4 is 0 Å². The number of hydrogen-bond donors (Lipinski definition) is 2. The second-order valence-electron chi connectivity index (χ2n) is 5.38. The Morgan fingerprint density at radius 3 is 2.83 bits per heavy atom. The minimum atomic E-state index is 0.0385. The van der Waals surface area contributed by atoms with Crippen LogP contribution in [0.5, 0.6) is 0 Å². The molecule has 0 bridgehead atoms. The molecule has 0 aliphatic carbocycles. The van der Waals surface area contributed by atoms with Crippen molar-refractivity contribution < 1.29 is 4.74 Å². The SMILES string of the molecule is CC1(CNCCC(N)c2ccccc2)CCCO1. The van der Waals surface area contributed by atoms with E-state index < -0.39 is 0 Å². The lowest BCUT2D eigenvalue weighted by Crippen LogP contribution is -2.38. The summed E-state index contributed by atoms with van der Waals surface area (Å²) in [5, 5.41) is 3.46. The first-order valence-electron chi connectivity index (χ1n) is 6.85. The molecular formula is C15H24N2O. The number of hydrogen-bond acceptors (Lipinski definition) is 3. The Labute approximate surface area is 110 Å². The lowest BCUT2D eigenvalue weighted by molar-refractivity contribution is 0.0209. The average Bonchev–Trinajstić information content (AvgIpc) is 2.83. The first-order valence-corrected chi connectivity index (χ1v) is 6.85. The van der Waals surface area contributed by atoms with Gasteiger partial charge in [0.1, 0.15) is 0 Å². The zero-order chi connectivity index (χ0) is 12.8. The topological polar surface area (TPSA) is 47.3 Å². The molecule has 2 atom stereocenters. The van der Waals surface area contributed by atoms with E-state index in [-0.39, 0.29) is 11.6 Å². The van der Waals surface area contributed by atoms with Gasteiger partial charge in [0.25, 0.3) is 0 Å². The maximum atomic E-state index is 6.15. The van der Waals surface area contributed by atoms with Gasteiger partial charge in [-0.3, -0.25) is 0 Å². The van der Waals surface area contributed by atoms with Gasteiger partial charge in [0.15, 0.2) is 0 Å². The van der Waals surface area contributed by atoms with Crippen LogP contribution < -0.4 is 11.1 Å². The molecule has 1 fully saturated rings. The summed E-state index contributed by atoms with van der Waals surface area (Å²) in [6.45, 7) is 4.95. The summed E-state index contributed by atoms with van der Waals surface area (Å²) < 4.78 is 5.74. The minimum Gasteiger partial charge on any atom is -0.374 e. The van der Waals surface area contributed by atoms with Crippen LogP contribution in [0.15, 0.2) is 30.3 Å². The highest BCUT2D eigenvalue weighted by Crippen LogP contribution is 2.23. The fraction of sp³-hybridized carbons (Fsp3) is 0.600. The molecule has 0 radical (unpaired) electrons. The number of benzene rings is 1. The van der Waals surface area contributed by atoms with E-state index in [2.05, 4.69) is 24.4 Å². The van der Waals surface area contributed by atoms with E-state index in [4.69, 9.17) is 10.5 Å². The third-order valence-corrected chi connectivity index (χ3v) is 3.66. The molecule has 3 heteroatoms. The van der Waals surface area contributed by atoms with Gasteiger partial charge in [-0.2, -0.15) is 0 Å². The summed E-state index contributed by atoms with van der Waals surface area (Å²) >= 11 is 0. The van der Waals surface area contributed by atoms with Gasteiger partial charge in [-0.15, -0.1) is 0 Å². The van der Waals surface area contributed by atoms with Crippen LogP contribution in [-0.4, -0.2) is 25.3 Å². The number of nitrogens with one attached hydrogen (secondary N) is 1. The van der Waals surface area contributed by atoms with Crippen molar-refractivity contribution in [1.82, 2.24) is 5.32 Å². The molecule has 0 spiro atoms. The molecule has 1 aromatic carbocycles. The molecule has 100 valence electrons. The maximum absolute atomic E-state index is 6.15. The number of ether oxygens (including phenoxy) is 1. The van der Waals surface area contributed by atoms with Gasteiger partial charge >= 0.3 is 0 Å². The third-order valence-electron chi connectivity index (χ3n) is 3.66. The quantitative estimate of drug-likeness (QED) is 0.759. The zero-order valence-corrected chi connectivity index (χ0v) is 11.2. The Morgan fingerprint density at radius 2 is 2.17 bits per heavy atom. The van der Waals surface area contributed by atoms with E-state index in [1.807, 2.05) is 18.2 Å². The van der Waals surface area contributed by atoms with Crippen LogP contribution in [0.4, 0.5) is 0 Å². The molecule has 0 amide bonds. The molecule has 1 saturated heterocycles. The normalized spacial score (nSPS) is 25.2. The molecule has 3 nitrogen and oxygen atoms in total. The largest absolute Gasteiger partial charge is 0.374 e. The van der Waals surface area contributed by atoms with Crippen molar-refractivity contribution in [3.63, 3.8) is 0 Å². The predicted octanol–water partition coefficient (Wildman–Crippen LogP) is 2.24. The fourth-order valence-electron chi connectivity index (χ4n) is 2.45. The summed E-state index contributed by atoms with van der Waals surface area (Å²) in [7, 11) is 0. The molecule has 0 aromatic heterocycles. The lowest BCUT2D eigenvalue weighted by Gasteiger charge is -2.24. The summed E-state index contributed by atoms with van der Waals surface area (Å²) in [5.74, 6) is 0. The van der Waals surface area contributed by atoms with E-state index in [0.29, 0.717) is 0 Å². The van der Waals surface area contributed by atoms with Gasteiger partial charge in [0.05, 0.1) is 5.60 Å². The Kier molecular flexibility index (Phi) is 4.75.